The summed E-state index contributed by atoms with van der Waals surface area (Å²) in [6.45, 7) is 0.146. The van der Waals surface area contributed by atoms with E-state index in [-0.39, 0.29) is 23.1 Å². The molecule has 0 radical (unpaired) electrons. The third kappa shape index (κ3) is 3.06. The third-order valence-electron chi connectivity index (χ3n) is 4.04. The van der Waals surface area contributed by atoms with E-state index in [2.05, 4.69) is 5.32 Å². The summed E-state index contributed by atoms with van der Waals surface area (Å²) in [5.74, 6) is -0.158. The molecule has 1 aliphatic rings. The highest BCUT2D eigenvalue weighted by Crippen LogP contribution is 2.59. The van der Waals surface area contributed by atoms with Gasteiger partial charge in [-0.3, -0.25) is 14.0 Å². The zero-order chi connectivity index (χ0) is 18.0. The van der Waals surface area contributed by atoms with Gasteiger partial charge in [-0.25, -0.2) is 0 Å². The number of fused-ring (bicyclic) bond motifs is 1. The molecule has 1 unspecified atom stereocenters. The molecule has 2 aromatic carbocycles. The van der Waals surface area contributed by atoms with Gasteiger partial charge in [0.15, 0.2) is 4.73 Å². The van der Waals surface area contributed by atoms with Crippen LogP contribution in [0, 0.1) is 0 Å². The van der Waals surface area contributed by atoms with Gasteiger partial charge in [-0.2, -0.15) is 0 Å². The van der Waals surface area contributed by atoms with Crippen LogP contribution in [0.4, 0.5) is 11.4 Å². The molecule has 8 heteroatoms. The molecular weight excluding hydrogens is 377 g/mol. The normalized spacial score (nSPS) is 19.5. The van der Waals surface area contributed by atoms with E-state index in [1.165, 1.54) is 4.67 Å². The van der Waals surface area contributed by atoms with Crippen LogP contribution in [-0.2, 0) is 4.57 Å². The Balaban J connectivity index is 2.06. The van der Waals surface area contributed by atoms with Gasteiger partial charge in [-0.1, -0.05) is 42.5 Å². The molecule has 1 heterocycles. The largest absolute Gasteiger partial charge is 0.341 e. The minimum atomic E-state index is -3.52. The number of carbonyl (C=O) groups excluding carboxylic acids is 1. The molecule has 0 saturated heterocycles. The summed E-state index contributed by atoms with van der Waals surface area (Å²) in [7, 11) is -1.84. The number of halogens is 1. The van der Waals surface area contributed by atoms with Crippen LogP contribution in [0.2, 0.25) is 0 Å². The van der Waals surface area contributed by atoms with Crippen LogP contribution in [0.15, 0.2) is 54.6 Å². The van der Waals surface area contributed by atoms with E-state index in [0.29, 0.717) is 16.9 Å². The lowest BCUT2D eigenvalue weighted by Crippen LogP contribution is -2.44. The molecule has 1 atom stereocenters. The van der Waals surface area contributed by atoms with Crippen molar-refractivity contribution in [3.8, 4) is 0 Å². The van der Waals surface area contributed by atoms with Crippen LogP contribution in [0.25, 0.3) is 0 Å². The molecule has 0 saturated carbocycles. The summed E-state index contributed by atoms with van der Waals surface area (Å²) < 4.78 is 16.9. The summed E-state index contributed by atoms with van der Waals surface area (Å²) in [6.07, 6.45) is 0. The standard InChI is InChI=1S/C17H17ClN3O2PS/c1-20-15-10-6-5-9-14(15)16(22)21(12-11-18)24(20,23)17(25)19-13-7-3-2-4-8-13/h2-10H,11-12H2,1H3,(H,19,25). The molecule has 0 aliphatic carbocycles. The Labute approximate surface area is 157 Å². The maximum atomic E-state index is 13.9. The van der Waals surface area contributed by atoms with Gasteiger partial charge in [-0.05, 0) is 24.3 Å². The van der Waals surface area contributed by atoms with Crippen molar-refractivity contribution in [3.63, 3.8) is 0 Å². The Morgan fingerprint density at radius 3 is 2.48 bits per heavy atom. The van der Waals surface area contributed by atoms with Crippen molar-refractivity contribution in [2.45, 2.75) is 0 Å². The molecule has 1 N–H and O–H groups in total. The first-order valence-corrected chi connectivity index (χ1v) is 10.2. The summed E-state index contributed by atoms with van der Waals surface area (Å²) in [5, 5.41) is 3.01. The maximum Gasteiger partial charge on any atom is 0.321 e. The summed E-state index contributed by atoms with van der Waals surface area (Å²) in [6, 6.07) is 16.3. The molecule has 25 heavy (non-hydrogen) atoms. The molecule has 2 aromatic rings. The van der Waals surface area contributed by atoms with E-state index in [0.717, 1.165) is 0 Å². The van der Waals surface area contributed by atoms with Gasteiger partial charge in [0.2, 0.25) is 0 Å². The molecule has 5 nitrogen and oxygen atoms in total. The number of thiocarbonyl (C=S) groups is 1. The smallest absolute Gasteiger partial charge is 0.321 e. The summed E-state index contributed by atoms with van der Waals surface area (Å²) >= 11 is 11.3. The molecular formula is C17H17ClN3O2PS. The highest BCUT2D eigenvalue weighted by molar-refractivity contribution is 8.01. The minimum absolute atomic E-state index is 0.106. The zero-order valence-electron chi connectivity index (χ0n) is 13.6. The lowest BCUT2D eigenvalue weighted by molar-refractivity contribution is 0.0862. The number of benzene rings is 2. The molecule has 3 rings (SSSR count). The second-order valence-corrected chi connectivity index (χ2v) is 9.21. The van der Waals surface area contributed by atoms with Gasteiger partial charge in [-0.15, -0.1) is 11.6 Å². The number of anilines is 2. The van der Waals surface area contributed by atoms with E-state index in [1.54, 1.807) is 36.0 Å². The van der Waals surface area contributed by atoms with Crippen LogP contribution < -0.4 is 9.99 Å². The monoisotopic (exact) mass is 393 g/mol. The molecule has 1 amide bonds. The predicted octanol–water partition coefficient (Wildman–Crippen LogP) is 4.41. The molecule has 1 aliphatic heterocycles. The van der Waals surface area contributed by atoms with Crippen LogP contribution in [0.1, 0.15) is 10.4 Å². The lowest BCUT2D eigenvalue weighted by Gasteiger charge is -2.42. The van der Waals surface area contributed by atoms with Crippen molar-refractivity contribution in [1.29, 1.82) is 0 Å². The van der Waals surface area contributed by atoms with Crippen molar-refractivity contribution in [3.05, 3.63) is 60.2 Å². The van der Waals surface area contributed by atoms with Crippen molar-refractivity contribution in [2.75, 3.05) is 29.5 Å². The number of amides is 1. The van der Waals surface area contributed by atoms with E-state index < -0.39 is 7.44 Å². The number of nitrogens with zero attached hydrogens (tertiary/aromatic N) is 2. The fourth-order valence-corrected chi connectivity index (χ4v) is 6.14. The summed E-state index contributed by atoms with van der Waals surface area (Å²) in [5.41, 5.74) is 1.80. The molecule has 130 valence electrons. The highest BCUT2D eigenvalue weighted by atomic mass is 35.5. The Hall–Kier alpha value is -1.88. The van der Waals surface area contributed by atoms with Crippen LogP contribution in [0.5, 0.6) is 0 Å². The summed E-state index contributed by atoms with van der Waals surface area (Å²) in [4.78, 5) is 12.9. The van der Waals surface area contributed by atoms with Gasteiger partial charge in [0.05, 0.1) is 11.3 Å². The van der Waals surface area contributed by atoms with E-state index in [9.17, 15) is 9.36 Å². The van der Waals surface area contributed by atoms with Crippen molar-refractivity contribution in [1.82, 2.24) is 4.67 Å². The quantitative estimate of drug-likeness (QED) is 0.474. The SMILES string of the molecule is CN1c2ccccc2C(=O)N(CCCl)P1(=O)C(=S)Nc1ccccc1. The number of hydrogen-bond donors (Lipinski definition) is 1. The number of nitrogens with one attached hydrogen (secondary N) is 1. The number of hydrogen-bond acceptors (Lipinski definition) is 3. The Morgan fingerprint density at radius 2 is 1.80 bits per heavy atom. The maximum absolute atomic E-state index is 13.9. The van der Waals surface area contributed by atoms with E-state index >= 15 is 0 Å². The van der Waals surface area contributed by atoms with Crippen LogP contribution in [0.3, 0.4) is 0 Å². The van der Waals surface area contributed by atoms with E-state index in [4.69, 9.17) is 23.8 Å². The number of para-hydroxylation sites is 2. The van der Waals surface area contributed by atoms with Crippen LogP contribution >= 0.6 is 31.3 Å². The second kappa shape index (κ2) is 7.16. The van der Waals surface area contributed by atoms with Crippen molar-refractivity contribution >= 4 is 53.3 Å². The van der Waals surface area contributed by atoms with Gasteiger partial charge in [0, 0.05) is 25.2 Å². The second-order valence-electron chi connectivity index (χ2n) is 5.50. The van der Waals surface area contributed by atoms with E-state index in [1.807, 2.05) is 30.3 Å². The van der Waals surface area contributed by atoms with Gasteiger partial charge in [0.1, 0.15) is 0 Å². The Kier molecular flexibility index (Phi) is 5.13. The zero-order valence-corrected chi connectivity index (χ0v) is 16.0. The molecule has 0 bridgehead atoms. The highest BCUT2D eigenvalue weighted by Gasteiger charge is 2.47. The molecule has 0 aromatic heterocycles. The first-order valence-electron chi connectivity index (χ1n) is 7.68. The minimum Gasteiger partial charge on any atom is -0.341 e. The first kappa shape index (κ1) is 17.9. The fraction of sp³-hybridized carbons (Fsp3) is 0.176. The Bertz CT molecular complexity index is 862. The van der Waals surface area contributed by atoms with Crippen molar-refractivity contribution in [2.24, 2.45) is 0 Å². The van der Waals surface area contributed by atoms with Crippen LogP contribution in [-0.4, -0.2) is 34.8 Å². The van der Waals surface area contributed by atoms with Crippen molar-refractivity contribution < 1.29 is 9.36 Å². The Morgan fingerprint density at radius 1 is 1.16 bits per heavy atom. The fourth-order valence-electron chi connectivity index (χ4n) is 2.79. The topological polar surface area (TPSA) is 52.7 Å². The molecule has 0 spiro atoms. The average molecular weight is 394 g/mol. The third-order valence-corrected chi connectivity index (χ3v) is 7.73. The first-order chi connectivity index (χ1) is 12.0. The number of alkyl halides is 1. The lowest BCUT2D eigenvalue weighted by atomic mass is 10.1. The predicted molar refractivity (Wildman–Crippen MR) is 107 cm³/mol. The average Bonchev–Trinajstić information content (AvgIpc) is 2.64. The van der Waals surface area contributed by atoms with Gasteiger partial charge < -0.3 is 9.99 Å². The number of rotatable bonds is 4. The van der Waals surface area contributed by atoms with Gasteiger partial charge >= 0.3 is 7.44 Å². The number of carbonyl (C=O) groups is 1. The molecule has 0 fully saturated rings. The van der Waals surface area contributed by atoms with Gasteiger partial charge in [0.25, 0.3) is 5.91 Å².